The molecule has 0 aromatic rings. The first kappa shape index (κ1) is 77.1. The van der Waals surface area contributed by atoms with Crippen molar-refractivity contribution in [1.82, 2.24) is 5.32 Å². The van der Waals surface area contributed by atoms with Gasteiger partial charge in [-0.2, -0.15) is 0 Å². The minimum atomic E-state index is -1.78. The first-order valence-electron chi connectivity index (χ1n) is 35.3. The summed E-state index contributed by atoms with van der Waals surface area (Å²) in [5.41, 5.74) is 0. The van der Waals surface area contributed by atoms with Gasteiger partial charge >= 0.3 is 0 Å². The van der Waals surface area contributed by atoms with Gasteiger partial charge in [-0.15, -0.1) is 0 Å². The van der Waals surface area contributed by atoms with Crippen LogP contribution in [0.1, 0.15) is 335 Å². The van der Waals surface area contributed by atoms with E-state index in [4.69, 9.17) is 18.9 Å². The lowest BCUT2D eigenvalue weighted by Crippen LogP contribution is -2.65. The molecule has 14 heteroatoms. The summed E-state index contributed by atoms with van der Waals surface area (Å²) in [4.78, 5) is 13.3. The summed E-state index contributed by atoms with van der Waals surface area (Å²) in [6, 6.07) is -0.823. The van der Waals surface area contributed by atoms with Crippen molar-refractivity contribution in [2.24, 2.45) is 0 Å². The highest BCUT2D eigenvalue weighted by atomic mass is 16.7. The average molecular weight is 1170 g/mol. The van der Waals surface area contributed by atoms with Crippen molar-refractivity contribution in [2.45, 2.75) is 408 Å². The molecule has 488 valence electrons. The number of hydrogen-bond acceptors (Lipinski definition) is 13. The number of rotatable bonds is 59. The van der Waals surface area contributed by atoms with Crippen LogP contribution >= 0.6 is 0 Å². The number of unbranched alkanes of at least 4 members (excludes halogenated alkanes) is 46. The predicted molar refractivity (Wildman–Crippen MR) is 332 cm³/mol. The third kappa shape index (κ3) is 38.3. The maximum Gasteiger partial charge on any atom is 0.220 e. The largest absolute Gasteiger partial charge is 0.394 e. The van der Waals surface area contributed by atoms with Gasteiger partial charge in [-0.3, -0.25) is 4.79 Å². The van der Waals surface area contributed by atoms with Crippen LogP contribution in [-0.2, 0) is 23.7 Å². The molecule has 82 heavy (non-hydrogen) atoms. The third-order valence-corrected chi connectivity index (χ3v) is 17.8. The Kier molecular flexibility index (Phi) is 50.9. The van der Waals surface area contributed by atoms with E-state index in [1.54, 1.807) is 0 Å². The highest BCUT2D eigenvalue weighted by Crippen LogP contribution is 2.30. The van der Waals surface area contributed by atoms with E-state index in [-0.39, 0.29) is 12.5 Å². The lowest BCUT2D eigenvalue weighted by atomic mass is 9.97. The summed E-state index contributed by atoms with van der Waals surface area (Å²) in [6.07, 6.45) is 47.1. The molecule has 2 rings (SSSR count). The number of carbonyl (C=O) groups excluding carboxylic acids is 1. The zero-order chi connectivity index (χ0) is 59.5. The summed E-state index contributed by atoms with van der Waals surface area (Å²) in [6.45, 7) is 2.91. The fourth-order valence-corrected chi connectivity index (χ4v) is 12.2. The molecule has 0 aromatic heterocycles. The second-order valence-electron chi connectivity index (χ2n) is 25.4. The molecule has 12 atom stereocenters. The number of nitrogens with one attached hydrogen (secondary N) is 1. The monoisotopic (exact) mass is 1170 g/mol. The van der Waals surface area contributed by atoms with Gasteiger partial charge in [0, 0.05) is 6.42 Å². The Morgan fingerprint density at radius 2 is 0.695 bits per heavy atom. The second kappa shape index (κ2) is 54.2. The summed E-state index contributed by atoms with van der Waals surface area (Å²) >= 11 is 0. The van der Waals surface area contributed by atoms with E-state index in [0.29, 0.717) is 12.8 Å². The van der Waals surface area contributed by atoms with Crippen LogP contribution in [0.25, 0.3) is 0 Å². The Balaban J connectivity index is 1.59. The van der Waals surface area contributed by atoms with Crippen LogP contribution in [0.4, 0.5) is 0 Å². The highest BCUT2D eigenvalue weighted by molar-refractivity contribution is 5.76. The summed E-state index contributed by atoms with van der Waals surface area (Å²) in [5, 5.41) is 87.5. The van der Waals surface area contributed by atoms with Gasteiger partial charge < -0.3 is 65.1 Å². The molecule has 1 amide bonds. The van der Waals surface area contributed by atoms with Crippen LogP contribution in [0.3, 0.4) is 0 Å². The van der Waals surface area contributed by atoms with Crippen molar-refractivity contribution in [3.63, 3.8) is 0 Å². The number of aliphatic hydroxyl groups excluding tert-OH is 8. The number of ether oxygens (including phenoxy) is 4. The Morgan fingerprint density at radius 1 is 0.390 bits per heavy atom. The van der Waals surface area contributed by atoms with E-state index in [2.05, 4.69) is 19.2 Å². The van der Waals surface area contributed by atoms with Gasteiger partial charge in [0.2, 0.25) is 5.91 Å². The lowest BCUT2D eigenvalue weighted by molar-refractivity contribution is -0.359. The van der Waals surface area contributed by atoms with Crippen LogP contribution in [0, 0.1) is 0 Å². The molecule has 0 aromatic carbocycles. The van der Waals surface area contributed by atoms with Crippen LogP contribution in [0.5, 0.6) is 0 Å². The van der Waals surface area contributed by atoms with E-state index in [1.807, 2.05) is 0 Å². The van der Waals surface area contributed by atoms with Crippen molar-refractivity contribution >= 4 is 5.91 Å². The van der Waals surface area contributed by atoms with Gasteiger partial charge in [-0.1, -0.05) is 316 Å². The fourth-order valence-electron chi connectivity index (χ4n) is 12.2. The van der Waals surface area contributed by atoms with Crippen molar-refractivity contribution in [3.05, 3.63) is 0 Å². The highest BCUT2D eigenvalue weighted by Gasteiger charge is 2.51. The molecule has 2 fully saturated rings. The van der Waals surface area contributed by atoms with Crippen LogP contribution < -0.4 is 5.32 Å². The zero-order valence-corrected chi connectivity index (χ0v) is 53.0. The van der Waals surface area contributed by atoms with E-state index >= 15 is 0 Å². The standard InChI is InChI=1S/C68H133NO13/c1-3-5-7-9-11-13-15-17-19-20-21-22-23-24-25-26-27-28-29-30-31-32-33-34-35-36-38-40-42-44-46-48-50-52-60(73)69-56(57(72)51-49-47-45-43-41-39-37-18-16-14-12-10-8-6-4-2)55-79-67-65(78)63(76)66(59(54-71)81-67)82-68-64(77)62(75)61(74)58(53-70)80-68/h56-59,61-68,70-72,74-78H,3-55H2,1-2H3,(H,69,73). The van der Waals surface area contributed by atoms with Crippen LogP contribution in [0.15, 0.2) is 0 Å². The molecule has 0 spiro atoms. The average Bonchev–Trinajstić information content (AvgIpc) is 3.60. The molecule has 12 unspecified atom stereocenters. The van der Waals surface area contributed by atoms with Crippen molar-refractivity contribution in [2.75, 3.05) is 19.8 Å². The Bertz CT molecular complexity index is 1380. The molecular weight excluding hydrogens is 1040 g/mol. The maximum absolute atomic E-state index is 13.3. The number of aliphatic hydroxyl groups is 8. The minimum Gasteiger partial charge on any atom is -0.394 e. The Labute approximate surface area is 502 Å². The van der Waals surface area contributed by atoms with E-state index < -0.39 is 86.8 Å². The summed E-state index contributed by atoms with van der Waals surface area (Å²) in [5.74, 6) is -0.198. The quantitative estimate of drug-likeness (QED) is 0.0259. The fraction of sp³-hybridized carbons (Fsp3) is 0.985. The van der Waals surface area contributed by atoms with Gasteiger partial charge in [0.1, 0.15) is 48.8 Å². The van der Waals surface area contributed by atoms with E-state index in [9.17, 15) is 45.6 Å². The summed E-state index contributed by atoms with van der Waals surface area (Å²) in [7, 11) is 0. The van der Waals surface area contributed by atoms with Gasteiger partial charge in [0.05, 0.1) is 32.0 Å². The first-order chi connectivity index (χ1) is 40.1. The van der Waals surface area contributed by atoms with Gasteiger partial charge in [-0.05, 0) is 12.8 Å². The predicted octanol–water partition coefficient (Wildman–Crippen LogP) is 14.0. The smallest absolute Gasteiger partial charge is 0.220 e. The second-order valence-corrected chi connectivity index (χ2v) is 25.4. The lowest BCUT2D eigenvalue weighted by Gasteiger charge is -2.46. The molecule has 2 heterocycles. The Morgan fingerprint density at radius 3 is 1.04 bits per heavy atom. The molecule has 9 N–H and O–H groups in total. The molecule has 0 aliphatic carbocycles. The maximum atomic E-state index is 13.3. The molecule has 2 aliphatic rings. The van der Waals surface area contributed by atoms with E-state index in [0.717, 1.165) is 51.4 Å². The topological polar surface area (TPSA) is 228 Å². The number of amides is 1. The molecule has 2 aliphatic heterocycles. The zero-order valence-electron chi connectivity index (χ0n) is 53.0. The third-order valence-electron chi connectivity index (χ3n) is 17.8. The van der Waals surface area contributed by atoms with Crippen LogP contribution in [-0.4, -0.2) is 140 Å². The normalized spacial score (nSPS) is 23.8. The first-order valence-corrected chi connectivity index (χ1v) is 35.3. The van der Waals surface area contributed by atoms with Gasteiger partial charge in [0.25, 0.3) is 0 Å². The number of carbonyl (C=O) groups is 1. The summed E-state index contributed by atoms with van der Waals surface area (Å²) < 4.78 is 22.9. The molecule has 2 saturated heterocycles. The molecule has 0 saturated carbocycles. The molecule has 0 bridgehead atoms. The molecular formula is C68H133NO13. The SMILES string of the molecule is CCCCCCCCCCCCCCCCCCCCCCCCCCCCCCCCCCCC(=O)NC(COC1OC(CO)C(OC2OC(CO)C(O)C(O)C2O)C(O)C1O)C(O)CCCCCCCCCCCCCCCCC. The minimum absolute atomic E-state index is 0.198. The van der Waals surface area contributed by atoms with Gasteiger partial charge in [0.15, 0.2) is 12.6 Å². The molecule has 0 radical (unpaired) electrons. The van der Waals surface area contributed by atoms with Gasteiger partial charge in [-0.25, -0.2) is 0 Å². The van der Waals surface area contributed by atoms with E-state index in [1.165, 1.54) is 257 Å². The molecule has 14 nitrogen and oxygen atoms in total. The van der Waals surface area contributed by atoms with Crippen LogP contribution in [0.2, 0.25) is 0 Å². The number of hydrogen-bond donors (Lipinski definition) is 9. The van der Waals surface area contributed by atoms with Crippen molar-refractivity contribution in [1.29, 1.82) is 0 Å². The van der Waals surface area contributed by atoms with Crippen molar-refractivity contribution in [3.8, 4) is 0 Å². The van der Waals surface area contributed by atoms with Crippen molar-refractivity contribution < 1.29 is 64.6 Å². The Hall–Kier alpha value is -1.01.